The number of rotatable bonds is 3. The number of carbonyl (C=O) groups excluding carboxylic acids is 1. The second-order valence-corrected chi connectivity index (χ2v) is 7.57. The Kier molecular flexibility index (Phi) is 3.09. The first-order valence-electron chi connectivity index (χ1n) is 7.44. The molecular formula is C15H17Cl2N3O. The minimum Gasteiger partial charge on any atom is -0.295 e. The van der Waals surface area contributed by atoms with Gasteiger partial charge in [0.25, 0.3) is 0 Å². The fourth-order valence-electron chi connectivity index (χ4n) is 4.94. The Hall–Kier alpha value is -1.00. The summed E-state index contributed by atoms with van der Waals surface area (Å²) in [6.45, 7) is 0. The maximum Gasteiger partial charge on any atom is 0.244 e. The van der Waals surface area contributed by atoms with Crippen molar-refractivity contribution in [1.82, 2.24) is 10.4 Å². The van der Waals surface area contributed by atoms with Crippen molar-refractivity contribution in [2.45, 2.75) is 32.1 Å². The lowest BCUT2D eigenvalue weighted by Gasteiger charge is -2.31. The van der Waals surface area contributed by atoms with Gasteiger partial charge in [-0.3, -0.25) is 20.6 Å². The molecule has 4 nitrogen and oxygen atoms in total. The quantitative estimate of drug-likeness (QED) is 0.834. The molecule has 1 amide bonds. The lowest BCUT2D eigenvalue weighted by atomic mass is 9.75. The minimum absolute atomic E-state index is 0.0983. The Labute approximate surface area is 133 Å². The van der Waals surface area contributed by atoms with E-state index in [1.165, 1.54) is 31.7 Å². The van der Waals surface area contributed by atoms with Crippen LogP contribution in [0.2, 0.25) is 10.0 Å². The molecule has 0 radical (unpaired) electrons. The largest absolute Gasteiger partial charge is 0.295 e. The first kappa shape index (κ1) is 13.6. The fraction of sp³-hybridized carbons (Fsp3) is 0.600. The standard InChI is InChI=1S/C15H17Cl2N3O/c16-11-6-18-7-12(17)13(11)19-20-14(21)15-4-8-1-9(5-15)3-10(15)2-8/h6-10H,1-5H2,(H,18,19)(H,20,21)/t8-,9+,10?,15?. The van der Waals surface area contributed by atoms with Gasteiger partial charge in [-0.05, 0) is 49.9 Å². The predicted molar refractivity (Wildman–Crippen MR) is 82.0 cm³/mol. The summed E-state index contributed by atoms with van der Waals surface area (Å²) in [4.78, 5) is 16.6. The first-order chi connectivity index (χ1) is 10.1. The predicted octanol–water partition coefficient (Wildman–Crippen LogP) is 3.66. The van der Waals surface area contributed by atoms with Crippen molar-refractivity contribution in [3.63, 3.8) is 0 Å². The number of aromatic nitrogens is 1. The maximum absolute atomic E-state index is 12.7. The zero-order valence-corrected chi connectivity index (χ0v) is 13.0. The molecule has 112 valence electrons. The molecular weight excluding hydrogens is 309 g/mol. The van der Waals surface area contributed by atoms with E-state index in [9.17, 15) is 4.79 Å². The van der Waals surface area contributed by atoms with E-state index in [2.05, 4.69) is 15.8 Å². The van der Waals surface area contributed by atoms with Gasteiger partial charge in [0.05, 0.1) is 21.1 Å². The number of hydrazine groups is 1. The molecule has 4 bridgehead atoms. The van der Waals surface area contributed by atoms with Crippen LogP contribution in [-0.4, -0.2) is 10.9 Å². The maximum atomic E-state index is 12.7. The van der Waals surface area contributed by atoms with E-state index in [0.29, 0.717) is 21.7 Å². The molecule has 2 N–H and O–H groups in total. The normalized spacial score (nSPS) is 36.0. The topological polar surface area (TPSA) is 54.0 Å². The van der Waals surface area contributed by atoms with Gasteiger partial charge in [0, 0.05) is 12.4 Å². The highest BCUT2D eigenvalue weighted by molar-refractivity contribution is 6.38. The van der Waals surface area contributed by atoms with Crippen molar-refractivity contribution >= 4 is 34.8 Å². The van der Waals surface area contributed by atoms with E-state index < -0.39 is 0 Å². The summed E-state index contributed by atoms with van der Waals surface area (Å²) in [5.41, 5.74) is 6.08. The van der Waals surface area contributed by atoms with Crippen LogP contribution < -0.4 is 10.9 Å². The molecule has 6 heteroatoms. The molecule has 1 aromatic rings. The molecule has 4 saturated carbocycles. The summed E-state index contributed by atoms with van der Waals surface area (Å²) < 4.78 is 0. The van der Waals surface area contributed by atoms with Gasteiger partial charge >= 0.3 is 0 Å². The smallest absolute Gasteiger partial charge is 0.244 e. The van der Waals surface area contributed by atoms with Crippen LogP contribution in [0.3, 0.4) is 0 Å². The number of halogens is 2. The van der Waals surface area contributed by atoms with Gasteiger partial charge < -0.3 is 0 Å². The Balaban J connectivity index is 1.50. The number of pyridine rings is 1. The average molecular weight is 326 g/mol. The Bertz CT molecular complexity index is 572. The minimum atomic E-state index is -0.160. The summed E-state index contributed by atoms with van der Waals surface area (Å²) >= 11 is 12.1. The van der Waals surface area contributed by atoms with Crippen molar-refractivity contribution in [3.05, 3.63) is 22.4 Å². The van der Waals surface area contributed by atoms with Crippen molar-refractivity contribution in [2.75, 3.05) is 5.43 Å². The molecule has 4 aliphatic rings. The number of amides is 1. The van der Waals surface area contributed by atoms with E-state index in [0.717, 1.165) is 24.7 Å². The van der Waals surface area contributed by atoms with Crippen molar-refractivity contribution in [3.8, 4) is 0 Å². The average Bonchev–Trinajstić information content (AvgIpc) is 2.84. The van der Waals surface area contributed by atoms with Crippen LogP contribution in [0, 0.1) is 23.2 Å². The van der Waals surface area contributed by atoms with Gasteiger partial charge in [-0.25, -0.2) is 0 Å². The van der Waals surface area contributed by atoms with Crippen LogP contribution in [0.15, 0.2) is 12.4 Å². The molecule has 4 fully saturated rings. The number of carbonyl (C=O) groups is 1. The highest BCUT2D eigenvalue weighted by Gasteiger charge is 2.61. The fourth-order valence-corrected chi connectivity index (χ4v) is 5.40. The summed E-state index contributed by atoms with van der Waals surface area (Å²) in [5, 5.41) is 0.801. The zero-order chi connectivity index (χ0) is 14.6. The second-order valence-electron chi connectivity index (χ2n) is 6.76. The molecule has 21 heavy (non-hydrogen) atoms. The van der Waals surface area contributed by atoms with E-state index in [1.807, 2.05) is 0 Å². The number of hydrogen-bond donors (Lipinski definition) is 2. The van der Waals surface area contributed by atoms with Gasteiger partial charge in [0.15, 0.2) is 0 Å². The molecule has 0 spiro atoms. The molecule has 0 saturated heterocycles. The molecule has 1 aromatic heterocycles. The van der Waals surface area contributed by atoms with Gasteiger partial charge in [0.2, 0.25) is 5.91 Å². The molecule has 4 atom stereocenters. The SMILES string of the molecule is O=C(NNc1c(Cl)cncc1Cl)C12C[C@@H]3CC1C[C@@H](C3)C2. The zero-order valence-electron chi connectivity index (χ0n) is 11.5. The molecule has 5 rings (SSSR count). The van der Waals surface area contributed by atoms with Crippen LogP contribution in [0.25, 0.3) is 0 Å². The summed E-state index contributed by atoms with van der Waals surface area (Å²) in [5.74, 6) is 2.16. The van der Waals surface area contributed by atoms with Crippen LogP contribution >= 0.6 is 23.2 Å². The van der Waals surface area contributed by atoms with E-state index in [1.54, 1.807) is 0 Å². The van der Waals surface area contributed by atoms with Gasteiger partial charge in [-0.2, -0.15) is 0 Å². The Morgan fingerprint density at radius 3 is 2.38 bits per heavy atom. The number of nitrogens with one attached hydrogen (secondary N) is 2. The number of nitrogens with zero attached hydrogens (tertiary/aromatic N) is 1. The summed E-state index contributed by atoms with van der Waals surface area (Å²) in [6, 6.07) is 0. The van der Waals surface area contributed by atoms with Gasteiger partial charge in [-0.15, -0.1) is 0 Å². The van der Waals surface area contributed by atoms with Crippen molar-refractivity contribution in [1.29, 1.82) is 0 Å². The van der Waals surface area contributed by atoms with Gasteiger partial charge in [-0.1, -0.05) is 23.2 Å². The first-order valence-corrected chi connectivity index (χ1v) is 8.19. The summed E-state index contributed by atoms with van der Waals surface area (Å²) in [7, 11) is 0. The third-order valence-electron chi connectivity index (χ3n) is 5.60. The highest BCUT2D eigenvalue weighted by Crippen LogP contribution is 2.65. The van der Waals surface area contributed by atoms with Crippen LogP contribution in [0.1, 0.15) is 32.1 Å². The Morgan fingerprint density at radius 2 is 1.76 bits per heavy atom. The monoisotopic (exact) mass is 325 g/mol. The molecule has 4 aliphatic carbocycles. The van der Waals surface area contributed by atoms with Crippen LogP contribution in [0.5, 0.6) is 0 Å². The van der Waals surface area contributed by atoms with E-state index in [4.69, 9.17) is 23.2 Å². The van der Waals surface area contributed by atoms with Crippen molar-refractivity contribution in [2.24, 2.45) is 23.2 Å². The van der Waals surface area contributed by atoms with E-state index in [-0.39, 0.29) is 11.3 Å². The third kappa shape index (κ3) is 2.03. The molecule has 1 heterocycles. The van der Waals surface area contributed by atoms with Gasteiger partial charge in [0.1, 0.15) is 0 Å². The van der Waals surface area contributed by atoms with Crippen LogP contribution in [0.4, 0.5) is 5.69 Å². The lowest BCUT2D eigenvalue weighted by molar-refractivity contribution is -0.132. The number of hydrogen-bond acceptors (Lipinski definition) is 3. The molecule has 2 unspecified atom stereocenters. The second kappa shape index (κ2) is 4.75. The highest BCUT2D eigenvalue weighted by atomic mass is 35.5. The van der Waals surface area contributed by atoms with Crippen LogP contribution in [-0.2, 0) is 4.79 Å². The van der Waals surface area contributed by atoms with E-state index >= 15 is 0 Å². The molecule has 0 aliphatic heterocycles. The number of anilines is 1. The van der Waals surface area contributed by atoms with Crippen molar-refractivity contribution < 1.29 is 4.79 Å². The third-order valence-corrected chi connectivity index (χ3v) is 6.17. The lowest BCUT2D eigenvalue weighted by Crippen LogP contribution is -2.44. The Morgan fingerprint density at radius 1 is 1.14 bits per heavy atom. The molecule has 0 aromatic carbocycles. The summed E-state index contributed by atoms with van der Waals surface area (Å²) in [6.07, 6.45) is 8.86.